The first-order valence-electron chi connectivity index (χ1n) is 6.25. The SMILES string of the molecule is C=CCc1cc(CNNc2ccccc2)ccc1O. The minimum atomic E-state index is 0.319. The van der Waals surface area contributed by atoms with Crippen molar-refractivity contribution >= 4 is 5.69 Å². The molecule has 0 bridgehead atoms. The molecule has 3 N–H and O–H groups in total. The van der Waals surface area contributed by atoms with Crippen molar-refractivity contribution < 1.29 is 5.11 Å². The number of rotatable bonds is 6. The number of anilines is 1. The van der Waals surface area contributed by atoms with E-state index in [1.807, 2.05) is 42.5 Å². The molecule has 0 unspecified atom stereocenters. The Labute approximate surface area is 113 Å². The first-order valence-corrected chi connectivity index (χ1v) is 6.25. The van der Waals surface area contributed by atoms with Crippen LogP contribution in [0.25, 0.3) is 0 Å². The molecule has 3 heteroatoms. The normalized spacial score (nSPS) is 10.1. The zero-order chi connectivity index (χ0) is 13.5. The number of hydrazine groups is 1. The summed E-state index contributed by atoms with van der Waals surface area (Å²) in [6.07, 6.45) is 2.46. The Kier molecular flexibility index (Phi) is 4.59. The molecule has 0 aliphatic rings. The van der Waals surface area contributed by atoms with Gasteiger partial charge in [0.25, 0.3) is 0 Å². The molecular formula is C16H18N2O. The summed E-state index contributed by atoms with van der Waals surface area (Å²) >= 11 is 0. The predicted molar refractivity (Wildman–Crippen MR) is 78.9 cm³/mol. The van der Waals surface area contributed by atoms with Crippen molar-refractivity contribution in [2.45, 2.75) is 13.0 Å². The summed E-state index contributed by atoms with van der Waals surface area (Å²) in [4.78, 5) is 0. The van der Waals surface area contributed by atoms with Crippen molar-refractivity contribution in [2.75, 3.05) is 5.43 Å². The fourth-order valence-electron chi connectivity index (χ4n) is 1.84. The van der Waals surface area contributed by atoms with Gasteiger partial charge in [-0.05, 0) is 35.7 Å². The van der Waals surface area contributed by atoms with Crippen molar-refractivity contribution in [1.29, 1.82) is 0 Å². The number of hydrogen-bond donors (Lipinski definition) is 3. The molecular weight excluding hydrogens is 236 g/mol. The number of phenolic OH excluding ortho intramolecular Hbond substituents is 1. The van der Waals surface area contributed by atoms with Crippen LogP contribution >= 0.6 is 0 Å². The largest absolute Gasteiger partial charge is 0.508 e. The van der Waals surface area contributed by atoms with Crippen LogP contribution in [-0.2, 0) is 13.0 Å². The van der Waals surface area contributed by atoms with Crippen LogP contribution in [0.2, 0.25) is 0 Å². The topological polar surface area (TPSA) is 44.3 Å². The first-order chi connectivity index (χ1) is 9.29. The lowest BCUT2D eigenvalue weighted by atomic mass is 10.1. The smallest absolute Gasteiger partial charge is 0.119 e. The van der Waals surface area contributed by atoms with Crippen LogP contribution in [0.4, 0.5) is 5.69 Å². The van der Waals surface area contributed by atoms with E-state index in [9.17, 15) is 5.11 Å². The van der Waals surface area contributed by atoms with Gasteiger partial charge in [0.2, 0.25) is 0 Å². The van der Waals surface area contributed by atoms with Gasteiger partial charge in [0.05, 0.1) is 0 Å². The lowest BCUT2D eigenvalue weighted by Crippen LogP contribution is -2.20. The van der Waals surface area contributed by atoms with Crippen LogP contribution in [0.3, 0.4) is 0 Å². The molecule has 0 aromatic heterocycles. The Bertz CT molecular complexity index is 538. The molecule has 2 aromatic carbocycles. The predicted octanol–water partition coefficient (Wildman–Crippen LogP) is 3.24. The lowest BCUT2D eigenvalue weighted by Gasteiger charge is -2.10. The highest BCUT2D eigenvalue weighted by atomic mass is 16.3. The molecule has 2 rings (SSSR count). The fourth-order valence-corrected chi connectivity index (χ4v) is 1.84. The monoisotopic (exact) mass is 254 g/mol. The van der Waals surface area contributed by atoms with Crippen LogP contribution in [0.15, 0.2) is 61.2 Å². The van der Waals surface area contributed by atoms with Gasteiger partial charge in [-0.15, -0.1) is 6.58 Å². The highest BCUT2D eigenvalue weighted by Gasteiger charge is 2.01. The van der Waals surface area contributed by atoms with Gasteiger partial charge in [0, 0.05) is 12.2 Å². The van der Waals surface area contributed by atoms with Gasteiger partial charge in [0.15, 0.2) is 0 Å². The molecule has 0 aliphatic heterocycles. The fraction of sp³-hybridized carbons (Fsp3) is 0.125. The maximum atomic E-state index is 9.69. The molecule has 98 valence electrons. The Balaban J connectivity index is 1.92. The lowest BCUT2D eigenvalue weighted by molar-refractivity contribution is 0.469. The van der Waals surface area contributed by atoms with Crippen LogP contribution in [0, 0.1) is 0 Å². The number of para-hydroxylation sites is 1. The minimum absolute atomic E-state index is 0.319. The van der Waals surface area contributed by atoms with E-state index in [4.69, 9.17) is 0 Å². The van der Waals surface area contributed by atoms with Crippen LogP contribution in [0.5, 0.6) is 5.75 Å². The number of hydrogen-bond acceptors (Lipinski definition) is 3. The van der Waals surface area contributed by atoms with E-state index >= 15 is 0 Å². The maximum Gasteiger partial charge on any atom is 0.119 e. The Morgan fingerprint density at radius 2 is 1.89 bits per heavy atom. The third-order valence-corrected chi connectivity index (χ3v) is 2.81. The zero-order valence-corrected chi connectivity index (χ0v) is 10.8. The molecule has 0 fully saturated rings. The van der Waals surface area contributed by atoms with Gasteiger partial charge >= 0.3 is 0 Å². The molecule has 3 nitrogen and oxygen atoms in total. The van der Waals surface area contributed by atoms with E-state index in [-0.39, 0.29) is 0 Å². The summed E-state index contributed by atoms with van der Waals surface area (Å²) in [6.45, 7) is 4.37. The van der Waals surface area contributed by atoms with Gasteiger partial charge in [-0.1, -0.05) is 36.4 Å². The second-order valence-corrected chi connectivity index (χ2v) is 4.30. The minimum Gasteiger partial charge on any atom is -0.508 e. The van der Waals surface area contributed by atoms with Crippen molar-refractivity contribution in [3.63, 3.8) is 0 Å². The third kappa shape index (κ3) is 3.86. The first kappa shape index (κ1) is 13.2. The summed E-state index contributed by atoms with van der Waals surface area (Å²) < 4.78 is 0. The van der Waals surface area contributed by atoms with Gasteiger partial charge in [0.1, 0.15) is 5.75 Å². The summed E-state index contributed by atoms with van der Waals surface area (Å²) in [5, 5.41) is 9.69. The number of allylic oxidation sites excluding steroid dienone is 1. The quantitative estimate of drug-likeness (QED) is 0.548. The number of benzene rings is 2. The van der Waals surface area contributed by atoms with Crippen LogP contribution < -0.4 is 10.9 Å². The molecule has 0 atom stereocenters. The second kappa shape index (κ2) is 6.61. The second-order valence-electron chi connectivity index (χ2n) is 4.30. The molecule has 0 saturated heterocycles. The van der Waals surface area contributed by atoms with E-state index in [1.54, 1.807) is 12.1 Å². The van der Waals surface area contributed by atoms with E-state index in [0.717, 1.165) is 16.8 Å². The molecule has 0 aliphatic carbocycles. The maximum absolute atomic E-state index is 9.69. The summed E-state index contributed by atoms with van der Waals surface area (Å²) in [6, 6.07) is 15.5. The Morgan fingerprint density at radius 1 is 1.11 bits per heavy atom. The average Bonchev–Trinajstić information content (AvgIpc) is 2.44. The highest BCUT2D eigenvalue weighted by molar-refractivity contribution is 5.41. The average molecular weight is 254 g/mol. The molecule has 0 spiro atoms. The van der Waals surface area contributed by atoms with Crippen molar-refractivity contribution in [3.05, 3.63) is 72.3 Å². The van der Waals surface area contributed by atoms with Crippen molar-refractivity contribution in [3.8, 4) is 5.75 Å². The summed E-state index contributed by atoms with van der Waals surface area (Å²) in [7, 11) is 0. The van der Waals surface area contributed by atoms with Crippen molar-refractivity contribution in [1.82, 2.24) is 5.43 Å². The van der Waals surface area contributed by atoms with Gasteiger partial charge < -0.3 is 10.5 Å². The molecule has 2 aromatic rings. The van der Waals surface area contributed by atoms with E-state index in [1.165, 1.54) is 0 Å². The van der Waals surface area contributed by atoms with Gasteiger partial charge in [-0.2, -0.15) is 0 Å². The van der Waals surface area contributed by atoms with Crippen molar-refractivity contribution in [2.24, 2.45) is 0 Å². The molecule has 0 radical (unpaired) electrons. The van der Waals surface area contributed by atoms with Crippen LogP contribution in [-0.4, -0.2) is 5.11 Å². The number of phenols is 1. The molecule has 0 amide bonds. The van der Waals surface area contributed by atoms with Gasteiger partial charge in [-0.25, -0.2) is 5.43 Å². The van der Waals surface area contributed by atoms with E-state index in [0.29, 0.717) is 18.7 Å². The molecule has 0 saturated carbocycles. The number of aromatic hydroxyl groups is 1. The zero-order valence-electron chi connectivity index (χ0n) is 10.8. The Hall–Kier alpha value is -2.26. The molecule has 19 heavy (non-hydrogen) atoms. The third-order valence-electron chi connectivity index (χ3n) is 2.81. The van der Waals surface area contributed by atoms with E-state index in [2.05, 4.69) is 17.4 Å². The summed E-state index contributed by atoms with van der Waals surface area (Å²) in [5.74, 6) is 0.319. The van der Waals surface area contributed by atoms with Gasteiger partial charge in [-0.3, -0.25) is 0 Å². The highest BCUT2D eigenvalue weighted by Crippen LogP contribution is 2.19. The van der Waals surface area contributed by atoms with E-state index < -0.39 is 0 Å². The number of nitrogens with one attached hydrogen (secondary N) is 2. The molecule has 0 heterocycles. The summed E-state index contributed by atoms with van der Waals surface area (Å²) in [5.41, 5.74) is 9.30. The standard InChI is InChI=1S/C16H18N2O/c1-2-6-14-11-13(9-10-16(14)19)12-17-18-15-7-4-3-5-8-15/h2-5,7-11,17-19H,1,6,12H2. The Morgan fingerprint density at radius 3 is 2.63 bits per heavy atom. The van der Waals surface area contributed by atoms with Crippen LogP contribution in [0.1, 0.15) is 11.1 Å².